The van der Waals surface area contributed by atoms with E-state index in [2.05, 4.69) is 49.9 Å². The molecule has 4 nitrogen and oxygen atoms in total. The van der Waals surface area contributed by atoms with E-state index < -0.39 is 0 Å². The van der Waals surface area contributed by atoms with Crippen LogP contribution in [0.5, 0.6) is 0 Å². The van der Waals surface area contributed by atoms with Gasteiger partial charge in [-0.15, -0.1) is 0 Å². The standard InChI is InChI=1S/C18H22N2O2.C4H10/c1-14-5-3-6-16(13-14)20-10-8-15(9-11-20)19(2)18(21)17-7-4-12-22-17;1-3-4-2/h3-7,12-13,15H,8-11H2,1-2H3;3-4H2,1-2H3. The van der Waals surface area contributed by atoms with Crippen LogP contribution in [0.2, 0.25) is 0 Å². The average molecular weight is 357 g/mol. The number of unbranched alkanes of at least 4 members (excludes halogenated alkanes) is 1. The minimum absolute atomic E-state index is 0.0287. The van der Waals surface area contributed by atoms with Gasteiger partial charge in [0, 0.05) is 31.9 Å². The number of aryl methyl sites for hydroxylation is 1. The van der Waals surface area contributed by atoms with Crippen molar-refractivity contribution < 1.29 is 9.21 Å². The van der Waals surface area contributed by atoms with Crippen LogP contribution in [0.3, 0.4) is 0 Å². The average Bonchev–Trinajstić information content (AvgIpc) is 3.22. The number of carbonyl (C=O) groups is 1. The summed E-state index contributed by atoms with van der Waals surface area (Å²) in [5.74, 6) is 0.391. The van der Waals surface area contributed by atoms with Gasteiger partial charge in [-0.2, -0.15) is 0 Å². The number of hydrogen-bond acceptors (Lipinski definition) is 3. The second-order valence-corrected chi connectivity index (χ2v) is 6.95. The van der Waals surface area contributed by atoms with Gasteiger partial charge in [-0.3, -0.25) is 4.79 Å². The summed E-state index contributed by atoms with van der Waals surface area (Å²) in [5.41, 5.74) is 2.56. The Morgan fingerprint density at radius 2 is 1.85 bits per heavy atom. The largest absolute Gasteiger partial charge is 0.459 e. The molecule has 0 radical (unpaired) electrons. The maximum absolute atomic E-state index is 12.3. The van der Waals surface area contributed by atoms with Gasteiger partial charge in [0.25, 0.3) is 5.91 Å². The van der Waals surface area contributed by atoms with E-state index >= 15 is 0 Å². The first-order chi connectivity index (χ1) is 12.6. The number of hydrogen-bond donors (Lipinski definition) is 0. The zero-order chi connectivity index (χ0) is 18.9. The van der Waals surface area contributed by atoms with Crippen LogP contribution in [0.4, 0.5) is 5.69 Å². The van der Waals surface area contributed by atoms with Gasteiger partial charge in [-0.05, 0) is 49.6 Å². The lowest BCUT2D eigenvalue weighted by molar-refractivity contribution is 0.0677. The van der Waals surface area contributed by atoms with E-state index in [-0.39, 0.29) is 11.9 Å². The van der Waals surface area contributed by atoms with Crippen LogP contribution in [-0.2, 0) is 0 Å². The van der Waals surface area contributed by atoms with E-state index in [0.29, 0.717) is 5.76 Å². The second kappa shape index (κ2) is 10.0. The van der Waals surface area contributed by atoms with Crippen molar-refractivity contribution in [3.63, 3.8) is 0 Å². The third kappa shape index (κ3) is 5.38. The molecule has 1 aromatic heterocycles. The first kappa shape index (κ1) is 20.1. The molecule has 1 saturated heterocycles. The number of amides is 1. The van der Waals surface area contributed by atoms with Crippen molar-refractivity contribution in [3.05, 3.63) is 54.0 Å². The fourth-order valence-electron chi connectivity index (χ4n) is 3.08. The van der Waals surface area contributed by atoms with Gasteiger partial charge in [0.15, 0.2) is 5.76 Å². The summed E-state index contributed by atoms with van der Waals surface area (Å²) in [7, 11) is 1.87. The molecule has 0 aliphatic carbocycles. The molecule has 2 heterocycles. The summed E-state index contributed by atoms with van der Waals surface area (Å²) < 4.78 is 5.21. The van der Waals surface area contributed by atoms with Crippen molar-refractivity contribution in [2.24, 2.45) is 0 Å². The summed E-state index contributed by atoms with van der Waals surface area (Å²) in [5, 5.41) is 0. The van der Waals surface area contributed by atoms with Gasteiger partial charge in [-0.25, -0.2) is 0 Å². The molecule has 1 aliphatic rings. The number of furan rings is 1. The lowest BCUT2D eigenvalue weighted by Crippen LogP contribution is -2.45. The number of carbonyl (C=O) groups excluding carboxylic acids is 1. The molecule has 26 heavy (non-hydrogen) atoms. The highest BCUT2D eigenvalue weighted by Gasteiger charge is 2.27. The molecule has 3 rings (SSSR count). The van der Waals surface area contributed by atoms with Crippen LogP contribution in [-0.4, -0.2) is 37.0 Å². The molecule has 2 aromatic rings. The molecule has 0 N–H and O–H groups in total. The highest BCUT2D eigenvalue weighted by atomic mass is 16.3. The Bertz CT molecular complexity index is 657. The molecule has 0 bridgehead atoms. The minimum atomic E-state index is -0.0287. The molecule has 0 saturated carbocycles. The summed E-state index contributed by atoms with van der Waals surface area (Å²) >= 11 is 0. The third-order valence-electron chi connectivity index (χ3n) is 4.93. The number of nitrogens with zero attached hydrogens (tertiary/aromatic N) is 2. The summed E-state index contributed by atoms with van der Waals surface area (Å²) in [6.45, 7) is 8.43. The van der Waals surface area contributed by atoms with Crippen molar-refractivity contribution in [1.29, 1.82) is 0 Å². The van der Waals surface area contributed by atoms with Gasteiger partial charge < -0.3 is 14.2 Å². The van der Waals surface area contributed by atoms with Crippen LogP contribution in [0, 0.1) is 6.92 Å². The molecular formula is C22H32N2O2. The zero-order valence-electron chi connectivity index (χ0n) is 16.6. The first-order valence-corrected chi connectivity index (χ1v) is 9.69. The Hall–Kier alpha value is -2.23. The molecule has 1 fully saturated rings. The zero-order valence-corrected chi connectivity index (χ0v) is 16.6. The number of piperidine rings is 1. The fourth-order valence-corrected chi connectivity index (χ4v) is 3.08. The molecule has 1 amide bonds. The maximum atomic E-state index is 12.3. The van der Waals surface area contributed by atoms with Gasteiger partial charge in [-0.1, -0.05) is 38.8 Å². The predicted octanol–water partition coefficient (Wildman–Crippen LogP) is 5.14. The van der Waals surface area contributed by atoms with E-state index in [1.807, 2.05) is 11.9 Å². The topological polar surface area (TPSA) is 36.7 Å². The predicted molar refractivity (Wildman–Crippen MR) is 108 cm³/mol. The summed E-state index contributed by atoms with van der Waals surface area (Å²) in [6, 6.07) is 12.3. The molecule has 1 aliphatic heterocycles. The van der Waals surface area contributed by atoms with Crippen molar-refractivity contribution >= 4 is 11.6 Å². The Morgan fingerprint density at radius 1 is 1.15 bits per heavy atom. The van der Waals surface area contributed by atoms with Gasteiger partial charge in [0.1, 0.15) is 0 Å². The summed E-state index contributed by atoms with van der Waals surface area (Å²) in [4.78, 5) is 16.5. The number of anilines is 1. The molecule has 1 aromatic carbocycles. The third-order valence-corrected chi connectivity index (χ3v) is 4.93. The lowest BCUT2D eigenvalue weighted by Gasteiger charge is -2.37. The minimum Gasteiger partial charge on any atom is -0.459 e. The highest BCUT2D eigenvalue weighted by molar-refractivity contribution is 5.91. The van der Waals surface area contributed by atoms with Gasteiger partial charge in [0.05, 0.1) is 6.26 Å². The van der Waals surface area contributed by atoms with E-state index in [1.165, 1.54) is 24.1 Å². The molecule has 0 atom stereocenters. The molecule has 0 unspecified atom stereocenters. The van der Waals surface area contributed by atoms with Crippen LogP contribution < -0.4 is 4.90 Å². The van der Waals surface area contributed by atoms with Crippen molar-refractivity contribution in [2.75, 3.05) is 25.0 Å². The Labute approximate surface area is 157 Å². The van der Waals surface area contributed by atoms with Crippen LogP contribution in [0.25, 0.3) is 0 Å². The van der Waals surface area contributed by atoms with E-state index in [4.69, 9.17) is 4.42 Å². The van der Waals surface area contributed by atoms with E-state index in [1.54, 1.807) is 18.4 Å². The summed E-state index contributed by atoms with van der Waals surface area (Å²) in [6.07, 6.45) is 6.15. The van der Waals surface area contributed by atoms with Crippen molar-refractivity contribution in [3.8, 4) is 0 Å². The molecular weight excluding hydrogens is 324 g/mol. The van der Waals surface area contributed by atoms with Gasteiger partial charge >= 0.3 is 0 Å². The highest BCUT2D eigenvalue weighted by Crippen LogP contribution is 2.23. The SMILES string of the molecule is CCCC.Cc1cccc(N2CCC(N(C)C(=O)c3ccco3)CC2)c1. The first-order valence-electron chi connectivity index (χ1n) is 9.69. The fraction of sp³-hybridized carbons (Fsp3) is 0.500. The molecule has 4 heteroatoms. The second-order valence-electron chi connectivity index (χ2n) is 6.95. The van der Waals surface area contributed by atoms with Crippen molar-refractivity contribution in [1.82, 2.24) is 4.90 Å². The smallest absolute Gasteiger partial charge is 0.289 e. The quantitative estimate of drug-likeness (QED) is 0.761. The number of benzene rings is 1. The maximum Gasteiger partial charge on any atom is 0.289 e. The van der Waals surface area contributed by atoms with Crippen molar-refractivity contribution in [2.45, 2.75) is 52.5 Å². The normalized spacial score (nSPS) is 14.5. The molecule has 142 valence electrons. The van der Waals surface area contributed by atoms with Gasteiger partial charge in [0.2, 0.25) is 0 Å². The van der Waals surface area contributed by atoms with E-state index in [9.17, 15) is 4.79 Å². The molecule has 0 spiro atoms. The van der Waals surface area contributed by atoms with E-state index in [0.717, 1.165) is 25.9 Å². The Balaban J connectivity index is 0.000000552. The number of rotatable bonds is 4. The van der Waals surface area contributed by atoms with Crippen LogP contribution in [0.1, 0.15) is 55.6 Å². The van der Waals surface area contributed by atoms with Crippen LogP contribution >= 0.6 is 0 Å². The Morgan fingerprint density at radius 3 is 2.38 bits per heavy atom. The van der Waals surface area contributed by atoms with Crippen LogP contribution in [0.15, 0.2) is 47.1 Å². The lowest BCUT2D eigenvalue weighted by atomic mass is 10.0. The Kier molecular flexibility index (Phi) is 7.76. The monoisotopic (exact) mass is 356 g/mol.